The summed E-state index contributed by atoms with van der Waals surface area (Å²) < 4.78 is 5.18. The highest BCUT2D eigenvalue weighted by Gasteiger charge is 2.09. The summed E-state index contributed by atoms with van der Waals surface area (Å²) in [6, 6.07) is 0. The molecule has 2 nitrogen and oxygen atoms in total. The zero-order valence-electron chi connectivity index (χ0n) is 3.98. The molecule has 1 saturated heterocycles. The van der Waals surface area contributed by atoms with Crippen molar-refractivity contribution in [3.05, 3.63) is 0 Å². The van der Waals surface area contributed by atoms with Crippen molar-refractivity contribution in [2.24, 2.45) is 0 Å². The third-order valence-electron chi connectivity index (χ3n) is 0.868. The Morgan fingerprint density at radius 3 is 3.00 bits per heavy atom. The lowest BCUT2D eigenvalue weighted by Gasteiger charge is -2.02. The number of hydrogen-bond donors (Lipinski definition) is 1. The smallest absolute Gasteiger partial charge is 0.128 e. The molecule has 0 radical (unpaired) electrons. The Bertz CT molecular complexity index is 54.9. The first-order valence-corrected chi connectivity index (χ1v) is 5.13. The van der Waals surface area contributed by atoms with Crippen LogP contribution in [0.1, 0.15) is 0 Å². The molecule has 7 heavy (non-hydrogen) atoms. The largest absolute Gasteiger partial charge is 0.358 e. The van der Waals surface area contributed by atoms with Crippen molar-refractivity contribution < 1.29 is 4.74 Å². The van der Waals surface area contributed by atoms with Crippen molar-refractivity contribution in [2.45, 2.75) is 5.97 Å². The highest BCUT2D eigenvalue weighted by molar-refractivity contribution is 8.03. The summed E-state index contributed by atoms with van der Waals surface area (Å²) in [6.45, 7) is 1.90. The van der Waals surface area contributed by atoms with E-state index in [1.54, 1.807) is 0 Å². The van der Waals surface area contributed by atoms with E-state index < -0.39 is 0 Å². The molecule has 0 aromatic rings. The molecule has 1 aliphatic heterocycles. The first-order valence-electron chi connectivity index (χ1n) is 2.24. The molecule has 0 saturated carbocycles. The maximum atomic E-state index is 5.18. The van der Waals surface area contributed by atoms with Crippen molar-refractivity contribution in [3.63, 3.8) is 0 Å². The molecule has 0 aromatic carbocycles. The van der Waals surface area contributed by atoms with Crippen molar-refractivity contribution in [1.82, 2.24) is 5.32 Å². The molecule has 1 fully saturated rings. The van der Waals surface area contributed by atoms with E-state index >= 15 is 0 Å². The summed E-state index contributed by atoms with van der Waals surface area (Å²) in [7, 11) is 3.46. The van der Waals surface area contributed by atoms with Crippen LogP contribution in [0.4, 0.5) is 0 Å². The molecule has 1 aliphatic rings. The quantitative estimate of drug-likeness (QED) is 0.527. The average molecular weight is 137 g/mol. The van der Waals surface area contributed by atoms with Crippen LogP contribution >= 0.6 is 17.2 Å². The first kappa shape index (κ1) is 5.91. The Labute approximate surface area is 47.3 Å². The second-order valence-corrected chi connectivity index (χ2v) is 3.23. The van der Waals surface area contributed by atoms with Gasteiger partial charge in [0.25, 0.3) is 0 Å². The van der Waals surface area contributed by atoms with Gasteiger partial charge < -0.3 is 4.74 Å². The lowest BCUT2D eigenvalue weighted by molar-refractivity contribution is 0.167. The van der Waals surface area contributed by atoms with E-state index in [0.717, 1.165) is 21.4 Å². The third kappa shape index (κ3) is 1.62. The standard InChI is InChI=1S/C3H9NOP2/c6-7-3-4-1-2-5-3/h3-4,7H,1-2,6H2. The van der Waals surface area contributed by atoms with E-state index in [-0.39, 0.29) is 0 Å². The Hall–Kier alpha value is 0.780. The Morgan fingerprint density at radius 2 is 2.71 bits per heavy atom. The second kappa shape index (κ2) is 2.94. The predicted molar refractivity (Wildman–Crippen MR) is 35.8 cm³/mol. The molecular weight excluding hydrogens is 128 g/mol. The molecule has 0 amide bonds. The van der Waals surface area contributed by atoms with E-state index in [9.17, 15) is 0 Å². The molecular formula is C3H9NOP2. The van der Waals surface area contributed by atoms with Gasteiger partial charge in [-0.2, -0.15) is 0 Å². The zero-order valence-corrected chi connectivity index (χ0v) is 6.13. The van der Waals surface area contributed by atoms with Crippen molar-refractivity contribution >= 4 is 17.2 Å². The summed E-state index contributed by atoms with van der Waals surface area (Å²) in [5, 5.41) is 3.18. The van der Waals surface area contributed by atoms with Gasteiger partial charge in [-0.15, -0.1) is 8.93 Å². The molecule has 1 N–H and O–H groups in total. The van der Waals surface area contributed by atoms with E-state index in [4.69, 9.17) is 4.74 Å². The van der Waals surface area contributed by atoms with Crippen LogP contribution in [0.15, 0.2) is 0 Å². The summed E-state index contributed by atoms with van der Waals surface area (Å²) in [6.07, 6.45) is 0. The van der Waals surface area contributed by atoms with Crippen LogP contribution < -0.4 is 5.32 Å². The number of ether oxygens (including phenoxy) is 1. The minimum Gasteiger partial charge on any atom is -0.358 e. The van der Waals surface area contributed by atoms with E-state index in [1.165, 1.54) is 0 Å². The molecule has 3 unspecified atom stereocenters. The lowest BCUT2D eigenvalue weighted by atomic mass is 10.7. The molecule has 0 spiro atoms. The fraction of sp³-hybridized carbons (Fsp3) is 1.00. The summed E-state index contributed by atoms with van der Waals surface area (Å²) in [5.41, 5.74) is 0. The Kier molecular flexibility index (Phi) is 2.48. The topological polar surface area (TPSA) is 21.3 Å². The molecule has 3 atom stereocenters. The summed E-state index contributed by atoms with van der Waals surface area (Å²) in [4.78, 5) is 0. The summed E-state index contributed by atoms with van der Waals surface area (Å²) >= 11 is 0. The van der Waals surface area contributed by atoms with Gasteiger partial charge >= 0.3 is 0 Å². The van der Waals surface area contributed by atoms with Gasteiger partial charge in [-0.3, -0.25) is 5.32 Å². The molecule has 42 valence electrons. The molecule has 0 aliphatic carbocycles. The van der Waals surface area contributed by atoms with Gasteiger partial charge in [0.15, 0.2) is 0 Å². The molecule has 0 aromatic heterocycles. The van der Waals surface area contributed by atoms with Gasteiger partial charge in [-0.25, -0.2) is 0 Å². The summed E-state index contributed by atoms with van der Waals surface area (Å²) in [5.74, 6) is 0.338. The number of rotatable bonds is 1. The minimum atomic E-state index is 0.338. The zero-order chi connectivity index (χ0) is 5.11. The SMILES string of the molecule is PPC1NCCO1. The van der Waals surface area contributed by atoms with Crippen LogP contribution in [0.5, 0.6) is 0 Å². The van der Waals surface area contributed by atoms with Crippen molar-refractivity contribution in [2.75, 3.05) is 13.2 Å². The number of hydrogen-bond acceptors (Lipinski definition) is 2. The first-order chi connectivity index (χ1) is 3.43. The molecule has 1 rings (SSSR count). The van der Waals surface area contributed by atoms with Crippen LogP contribution in [0.2, 0.25) is 0 Å². The van der Waals surface area contributed by atoms with Gasteiger partial charge in [0, 0.05) is 6.54 Å². The fourth-order valence-corrected chi connectivity index (χ4v) is 1.65. The van der Waals surface area contributed by atoms with Gasteiger partial charge in [0.2, 0.25) is 0 Å². The van der Waals surface area contributed by atoms with Gasteiger partial charge in [0.1, 0.15) is 5.97 Å². The highest BCUT2D eigenvalue weighted by Crippen LogP contribution is 2.27. The van der Waals surface area contributed by atoms with Gasteiger partial charge in [-0.05, 0) is 0 Å². The molecule has 4 heteroatoms. The number of nitrogens with one attached hydrogen (secondary N) is 1. The fourth-order valence-electron chi connectivity index (χ4n) is 0.533. The van der Waals surface area contributed by atoms with Crippen LogP contribution in [-0.4, -0.2) is 19.1 Å². The maximum Gasteiger partial charge on any atom is 0.128 e. The van der Waals surface area contributed by atoms with Gasteiger partial charge in [0.05, 0.1) is 6.61 Å². The monoisotopic (exact) mass is 137 g/mol. The Morgan fingerprint density at radius 1 is 1.86 bits per heavy atom. The van der Waals surface area contributed by atoms with E-state index in [1.807, 2.05) is 0 Å². The molecule has 1 heterocycles. The highest BCUT2D eigenvalue weighted by atomic mass is 32.0. The van der Waals surface area contributed by atoms with Crippen molar-refractivity contribution in [1.29, 1.82) is 0 Å². The minimum absolute atomic E-state index is 0.338. The van der Waals surface area contributed by atoms with Crippen LogP contribution in [0, 0.1) is 0 Å². The predicted octanol–water partition coefficient (Wildman–Crippen LogP) is 0.358. The van der Waals surface area contributed by atoms with Crippen LogP contribution in [0.25, 0.3) is 0 Å². The lowest BCUT2D eigenvalue weighted by Crippen LogP contribution is -2.15. The van der Waals surface area contributed by atoms with Crippen molar-refractivity contribution in [3.8, 4) is 0 Å². The second-order valence-electron chi connectivity index (χ2n) is 1.37. The Balaban J connectivity index is 2.14. The van der Waals surface area contributed by atoms with Crippen LogP contribution in [0.3, 0.4) is 0 Å². The molecule has 0 bridgehead atoms. The normalized spacial score (nSPS) is 33.0. The van der Waals surface area contributed by atoms with Crippen LogP contribution in [-0.2, 0) is 4.74 Å². The van der Waals surface area contributed by atoms with Gasteiger partial charge in [-0.1, -0.05) is 8.27 Å². The third-order valence-corrected chi connectivity index (χ3v) is 2.45. The van der Waals surface area contributed by atoms with E-state index in [0.29, 0.717) is 5.97 Å². The van der Waals surface area contributed by atoms with E-state index in [2.05, 4.69) is 14.2 Å². The average Bonchev–Trinajstić information content (AvgIpc) is 2.14. The maximum absolute atomic E-state index is 5.18.